The largest absolute Gasteiger partial charge is 0.398 e. The number of nitrogens with zero attached hydrogens (tertiary/aromatic N) is 2. The Balaban J connectivity index is 1.86. The summed E-state index contributed by atoms with van der Waals surface area (Å²) in [4.78, 5) is 18.8. The molecule has 3 rings (SSSR count). The first kappa shape index (κ1) is 24.0. The van der Waals surface area contributed by atoms with Gasteiger partial charge in [0.05, 0.1) is 6.04 Å². The maximum atomic E-state index is 13.3. The standard InChI is InChI=1S/C26H34N4OS/c1-17(2)32-22-12-10-21(11-13-22)24-16-29(4)18(3)26(30(24)5)25(31)14-23(28)20-8-6-19(15-27)7-9-20/h6-14,17,24H,15-16,27-28H2,1-5H3. The third-order valence-corrected chi connectivity index (χ3v) is 6.88. The van der Waals surface area contributed by atoms with Crippen molar-refractivity contribution in [1.82, 2.24) is 9.80 Å². The molecule has 0 spiro atoms. The van der Waals surface area contributed by atoms with Gasteiger partial charge in [0.25, 0.3) is 0 Å². The fraction of sp³-hybridized carbons (Fsp3) is 0.346. The van der Waals surface area contributed by atoms with Gasteiger partial charge in [-0.25, -0.2) is 0 Å². The number of likely N-dealkylation sites (N-methyl/N-ethyl adjacent to an activating group) is 2. The van der Waals surface area contributed by atoms with E-state index in [4.69, 9.17) is 11.5 Å². The Kier molecular flexibility index (Phi) is 7.69. The van der Waals surface area contributed by atoms with Gasteiger partial charge in [-0.1, -0.05) is 50.2 Å². The van der Waals surface area contributed by atoms with Crippen molar-refractivity contribution >= 4 is 23.2 Å². The molecule has 0 amide bonds. The molecule has 0 saturated carbocycles. The van der Waals surface area contributed by atoms with E-state index in [1.807, 2.05) is 57.0 Å². The van der Waals surface area contributed by atoms with Crippen LogP contribution in [0.2, 0.25) is 0 Å². The minimum atomic E-state index is -0.0889. The molecule has 0 bridgehead atoms. The summed E-state index contributed by atoms with van der Waals surface area (Å²) < 4.78 is 0. The van der Waals surface area contributed by atoms with Crippen molar-refractivity contribution in [2.75, 3.05) is 20.6 Å². The van der Waals surface area contributed by atoms with Crippen molar-refractivity contribution in [3.05, 3.63) is 82.7 Å². The number of nitrogens with two attached hydrogens (primary N) is 2. The number of ketones is 1. The van der Waals surface area contributed by atoms with E-state index in [1.165, 1.54) is 16.5 Å². The summed E-state index contributed by atoms with van der Waals surface area (Å²) in [6, 6.07) is 16.4. The van der Waals surface area contributed by atoms with Crippen LogP contribution in [0.4, 0.5) is 0 Å². The van der Waals surface area contributed by atoms with Crippen molar-refractivity contribution in [2.24, 2.45) is 11.5 Å². The highest BCUT2D eigenvalue weighted by Crippen LogP contribution is 2.33. The number of allylic oxidation sites excluding steroid dienone is 2. The van der Waals surface area contributed by atoms with E-state index >= 15 is 0 Å². The molecule has 32 heavy (non-hydrogen) atoms. The Morgan fingerprint density at radius 2 is 1.75 bits per heavy atom. The normalized spacial score (nSPS) is 17.3. The number of rotatable bonds is 7. The zero-order chi connectivity index (χ0) is 23.4. The predicted molar refractivity (Wildman–Crippen MR) is 135 cm³/mol. The average Bonchev–Trinajstić information content (AvgIpc) is 2.76. The average molecular weight is 451 g/mol. The molecule has 5 nitrogen and oxygen atoms in total. The quantitative estimate of drug-likeness (QED) is 0.482. The molecule has 1 unspecified atom stereocenters. The van der Waals surface area contributed by atoms with Gasteiger partial charge >= 0.3 is 0 Å². The van der Waals surface area contributed by atoms with Crippen LogP contribution in [0.5, 0.6) is 0 Å². The lowest BCUT2D eigenvalue weighted by Crippen LogP contribution is -2.42. The molecule has 0 aromatic heterocycles. The monoisotopic (exact) mass is 450 g/mol. The molecule has 4 N–H and O–H groups in total. The van der Waals surface area contributed by atoms with Crippen molar-refractivity contribution in [3.8, 4) is 0 Å². The first-order valence-corrected chi connectivity index (χ1v) is 11.8. The fourth-order valence-corrected chi connectivity index (χ4v) is 4.80. The van der Waals surface area contributed by atoms with Crippen LogP contribution in [0.15, 0.2) is 70.9 Å². The molecule has 170 valence electrons. The highest BCUT2D eigenvalue weighted by atomic mass is 32.2. The Labute approximate surface area is 196 Å². The molecule has 0 radical (unpaired) electrons. The molecular weight excluding hydrogens is 416 g/mol. The predicted octanol–water partition coefficient (Wildman–Crippen LogP) is 4.36. The van der Waals surface area contributed by atoms with Gasteiger partial charge in [0.1, 0.15) is 5.70 Å². The summed E-state index contributed by atoms with van der Waals surface area (Å²) in [5, 5.41) is 0.544. The molecule has 1 aliphatic rings. The van der Waals surface area contributed by atoms with E-state index in [2.05, 4.69) is 47.9 Å². The van der Waals surface area contributed by atoms with E-state index in [9.17, 15) is 4.79 Å². The van der Waals surface area contributed by atoms with Gasteiger partial charge in [-0.3, -0.25) is 4.79 Å². The molecule has 2 aromatic rings. The van der Waals surface area contributed by atoms with Crippen LogP contribution in [-0.2, 0) is 11.3 Å². The van der Waals surface area contributed by atoms with Crippen molar-refractivity contribution in [1.29, 1.82) is 0 Å². The Bertz CT molecular complexity index is 1010. The van der Waals surface area contributed by atoms with Crippen LogP contribution in [0.25, 0.3) is 5.70 Å². The molecule has 6 heteroatoms. The smallest absolute Gasteiger partial charge is 0.205 e. The third-order valence-electron chi connectivity index (χ3n) is 5.86. The maximum absolute atomic E-state index is 13.3. The van der Waals surface area contributed by atoms with E-state index in [-0.39, 0.29) is 11.8 Å². The number of carbonyl (C=O) groups excluding carboxylic acids is 1. The second-order valence-corrected chi connectivity index (χ2v) is 10.2. The molecule has 2 aromatic carbocycles. The van der Waals surface area contributed by atoms with Crippen molar-refractivity contribution < 1.29 is 4.79 Å². The van der Waals surface area contributed by atoms with E-state index < -0.39 is 0 Å². The lowest BCUT2D eigenvalue weighted by molar-refractivity contribution is -0.113. The lowest BCUT2D eigenvalue weighted by Gasteiger charge is -2.41. The van der Waals surface area contributed by atoms with Crippen LogP contribution in [0, 0.1) is 0 Å². The minimum Gasteiger partial charge on any atom is -0.398 e. The zero-order valence-electron chi connectivity index (χ0n) is 19.6. The third kappa shape index (κ3) is 5.37. The first-order chi connectivity index (χ1) is 15.2. The second kappa shape index (κ2) is 10.3. The number of hydrogen-bond donors (Lipinski definition) is 2. The fourth-order valence-electron chi connectivity index (χ4n) is 3.96. The van der Waals surface area contributed by atoms with Crippen molar-refractivity contribution in [2.45, 2.75) is 43.5 Å². The van der Waals surface area contributed by atoms with E-state index in [1.54, 1.807) is 0 Å². The summed E-state index contributed by atoms with van der Waals surface area (Å²) in [5.74, 6) is -0.0889. The zero-order valence-corrected chi connectivity index (χ0v) is 20.4. The van der Waals surface area contributed by atoms with Gasteiger partial charge in [0, 0.05) is 54.8 Å². The molecule has 0 fully saturated rings. The minimum absolute atomic E-state index is 0.0826. The molecular formula is C26H34N4OS. The summed E-state index contributed by atoms with van der Waals surface area (Å²) in [6.07, 6.45) is 1.53. The van der Waals surface area contributed by atoms with E-state index in [0.29, 0.717) is 23.2 Å². The summed E-state index contributed by atoms with van der Waals surface area (Å²) in [5.41, 5.74) is 17.1. The highest BCUT2D eigenvalue weighted by molar-refractivity contribution is 7.99. The summed E-state index contributed by atoms with van der Waals surface area (Å²) in [6.45, 7) is 7.67. The molecule has 1 atom stereocenters. The van der Waals surface area contributed by atoms with Crippen LogP contribution >= 0.6 is 11.8 Å². The number of benzene rings is 2. The van der Waals surface area contributed by atoms with Gasteiger partial charge in [-0.2, -0.15) is 0 Å². The number of hydrogen-bond acceptors (Lipinski definition) is 6. The second-order valence-electron chi connectivity index (χ2n) is 8.54. The lowest BCUT2D eigenvalue weighted by atomic mass is 9.99. The highest BCUT2D eigenvalue weighted by Gasteiger charge is 2.31. The Morgan fingerprint density at radius 3 is 2.31 bits per heavy atom. The van der Waals surface area contributed by atoms with Gasteiger partial charge in [-0.05, 0) is 35.7 Å². The van der Waals surface area contributed by atoms with Crippen LogP contribution in [-0.4, -0.2) is 41.5 Å². The molecule has 0 aliphatic carbocycles. The SMILES string of the molecule is CC1=C(C(=O)C=C(N)c2ccc(CN)cc2)N(C)C(c2ccc(SC(C)C)cc2)CN1C. The summed E-state index contributed by atoms with van der Waals surface area (Å²) in [7, 11) is 4.02. The Morgan fingerprint density at radius 1 is 1.12 bits per heavy atom. The van der Waals surface area contributed by atoms with Crippen LogP contribution in [0.1, 0.15) is 43.5 Å². The van der Waals surface area contributed by atoms with E-state index in [0.717, 1.165) is 23.4 Å². The maximum Gasteiger partial charge on any atom is 0.205 e. The van der Waals surface area contributed by atoms with Crippen LogP contribution < -0.4 is 11.5 Å². The Hall–Kier alpha value is -2.70. The van der Waals surface area contributed by atoms with Gasteiger partial charge < -0.3 is 21.3 Å². The first-order valence-electron chi connectivity index (χ1n) is 10.9. The topological polar surface area (TPSA) is 75.6 Å². The van der Waals surface area contributed by atoms with Gasteiger partial charge in [0.15, 0.2) is 0 Å². The molecule has 0 saturated heterocycles. The van der Waals surface area contributed by atoms with Gasteiger partial charge in [-0.15, -0.1) is 11.8 Å². The number of carbonyl (C=O) groups is 1. The summed E-state index contributed by atoms with van der Waals surface area (Å²) >= 11 is 1.85. The van der Waals surface area contributed by atoms with Crippen LogP contribution in [0.3, 0.4) is 0 Å². The molecule has 1 aliphatic heterocycles. The molecule has 1 heterocycles. The van der Waals surface area contributed by atoms with Crippen molar-refractivity contribution in [3.63, 3.8) is 0 Å². The van der Waals surface area contributed by atoms with Gasteiger partial charge in [0.2, 0.25) is 5.78 Å². The number of thioether (sulfide) groups is 1.